The number of ether oxygens (including phenoxy) is 1. The van der Waals surface area contributed by atoms with Gasteiger partial charge in [-0.15, -0.1) is 11.3 Å². The molecule has 0 saturated carbocycles. The molecule has 0 saturated heterocycles. The number of hydrogen-bond donors (Lipinski definition) is 1. The van der Waals surface area contributed by atoms with Crippen molar-refractivity contribution in [2.24, 2.45) is 0 Å². The Hall–Kier alpha value is -3.23. The number of rotatable bonds is 12. The van der Waals surface area contributed by atoms with E-state index in [4.69, 9.17) is 4.74 Å². The van der Waals surface area contributed by atoms with E-state index in [1.807, 2.05) is 42.6 Å². The van der Waals surface area contributed by atoms with E-state index in [-0.39, 0.29) is 24.3 Å². The Morgan fingerprint density at radius 2 is 1.70 bits per heavy atom. The largest absolute Gasteiger partial charge is 0.385 e. The van der Waals surface area contributed by atoms with Crippen LogP contribution in [-0.2, 0) is 22.6 Å². The highest BCUT2D eigenvalue weighted by atomic mass is 32.1. The van der Waals surface area contributed by atoms with Gasteiger partial charge in [0.1, 0.15) is 12.4 Å². The molecule has 6 nitrogen and oxygen atoms in total. The van der Waals surface area contributed by atoms with Gasteiger partial charge >= 0.3 is 6.03 Å². The fourth-order valence-electron chi connectivity index (χ4n) is 3.85. The van der Waals surface area contributed by atoms with Crippen molar-refractivity contribution in [2.75, 3.05) is 32.1 Å². The molecule has 1 heterocycles. The maximum atomic E-state index is 13.6. The number of thiophene rings is 1. The fourth-order valence-corrected chi connectivity index (χ4v) is 4.77. The maximum Gasteiger partial charge on any atom is 0.322 e. The molecule has 0 aliphatic heterocycles. The molecule has 3 amide bonds. The summed E-state index contributed by atoms with van der Waals surface area (Å²) in [5.74, 6) is -0.107. The van der Waals surface area contributed by atoms with Crippen LogP contribution < -0.4 is 5.32 Å². The lowest BCUT2D eigenvalue weighted by Gasteiger charge is -2.28. The summed E-state index contributed by atoms with van der Waals surface area (Å²) in [6, 6.07) is 15.6. The summed E-state index contributed by atoms with van der Waals surface area (Å²) in [6.45, 7) is 7.77. The number of amides is 3. The van der Waals surface area contributed by atoms with Crippen molar-refractivity contribution < 1.29 is 18.7 Å². The van der Waals surface area contributed by atoms with E-state index < -0.39 is 0 Å². The van der Waals surface area contributed by atoms with Crippen LogP contribution in [0, 0.1) is 12.7 Å². The quantitative estimate of drug-likeness (QED) is 0.278. The van der Waals surface area contributed by atoms with Crippen LogP contribution in [-0.4, -0.2) is 48.5 Å². The highest BCUT2D eigenvalue weighted by Crippen LogP contribution is 2.21. The number of carbonyl (C=O) groups is 2. The minimum atomic E-state index is -0.337. The number of urea groups is 1. The summed E-state index contributed by atoms with van der Waals surface area (Å²) < 4.78 is 18.6. The zero-order chi connectivity index (χ0) is 26.8. The predicted octanol–water partition coefficient (Wildman–Crippen LogP) is 6.42. The number of aryl methyl sites for hydroxylation is 1. The van der Waals surface area contributed by atoms with Crippen LogP contribution in [0.1, 0.15) is 47.8 Å². The first-order chi connectivity index (χ1) is 17.8. The lowest BCUT2D eigenvalue weighted by molar-refractivity contribution is -0.133. The van der Waals surface area contributed by atoms with Crippen molar-refractivity contribution in [2.45, 2.75) is 46.2 Å². The molecular formula is C29H36FN3O3S. The summed E-state index contributed by atoms with van der Waals surface area (Å²) in [5, 5.41) is 4.93. The highest BCUT2D eigenvalue weighted by molar-refractivity contribution is 7.10. The molecule has 0 aliphatic carbocycles. The molecule has 37 heavy (non-hydrogen) atoms. The molecule has 1 N–H and O–H groups in total. The van der Waals surface area contributed by atoms with Gasteiger partial charge in [-0.05, 0) is 71.7 Å². The van der Waals surface area contributed by atoms with Crippen LogP contribution in [0.15, 0.2) is 60.0 Å². The summed E-state index contributed by atoms with van der Waals surface area (Å²) in [7, 11) is 1.61. The molecule has 1 aromatic heterocycles. The van der Waals surface area contributed by atoms with Gasteiger partial charge in [0, 0.05) is 37.4 Å². The molecule has 0 aliphatic rings. The van der Waals surface area contributed by atoms with Crippen LogP contribution in [0.5, 0.6) is 0 Å². The van der Waals surface area contributed by atoms with E-state index in [0.717, 1.165) is 16.0 Å². The van der Waals surface area contributed by atoms with Crippen molar-refractivity contribution in [1.29, 1.82) is 0 Å². The van der Waals surface area contributed by atoms with E-state index in [0.29, 0.717) is 44.3 Å². The van der Waals surface area contributed by atoms with Crippen molar-refractivity contribution in [3.8, 4) is 0 Å². The third-order valence-corrected chi connectivity index (χ3v) is 7.17. The Morgan fingerprint density at radius 1 is 1.00 bits per heavy atom. The first-order valence-electron chi connectivity index (χ1n) is 12.5. The lowest BCUT2D eigenvalue weighted by atomic mass is 10.0. The number of anilines is 1. The smallest absolute Gasteiger partial charge is 0.322 e. The number of nitrogens with zero attached hydrogens (tertiary/aromatic N) is 2. The van der Waals surface area contributed by atoms with Gasteiger partial charge in [0.25, 0.3) is 0 Å². The average molecular weight is 526 g/mol. The Balaban J connectivity index is 1.76. The molecule has 0 atom stereocenters. The first kappa shape index (κ1) is 28.3. The second-order valence-electron chi connectivity index (χ2n) is 9.38. The van der Waals surface area contributed by atoms with Crippen LogP contribution in [0.4, 0.5) is 14.9 Å². The third kappa shape index (κ3) is 8.68. The molecule has 0 unspecified atom stereocenters. The van der Waals surface area contributed by atoms with Gasteiger partial charge in [-0.3, -0.25) is 4.79 Å². The van der Waals surface area contributed by atoms with Gasteiger partial charge in [0.2, 0.25) is 5.91 Å². The van der Waals surface area contributed by atoms with Gasteiger partial charge < -0.3 is 19.9 Å². The monoisotopic (exact) mass is 525 g/mol. The molecule has 0 spiro atoms. The van der Waals surface area contributed by atoms with Crippen molar-refractivity contribution in [3.63, 3.8) is 0 Å². The normalized spacial score (nSPS) is 11.0. The number of hydrogen-bond acceptors (Lipinski definition) is 4. The van der Waals surface area contributed by atoms with E-state index in [2.05, 4.69) is 19.2 Å². The standard InChI is InChI=1S/C29H36FN3O3S/c1-21(2)24-8-12-26(13-9-24)31-29(35)32(15-5-16-36-4)20-28(34)33(19-27-22(3)14-17-37-27)18-23-6-10-25(30)11-7-23/h6-14,17,21H,5,15-16,18-20H2,1-4H3,(H,31,35). The van der Waals surface area contributed by atoms with Crippen LogP contribution in [0.25, 0.3) is 0 Å². The molecule has 0 bridgehead atoms. The van der Waals surface area contributed by atoms with E-state index in [9.17, 15) is 14.0 Å². The third-order valence-electron chi connectivity index (χ3n) is 6.16. The summed E-state index contributed by atoms with van der Waals surface area (Å²) in [5.41, 5.74) is 3.80. The van der Waals surface area contributed by atoms with Crippen molar-refractivity contribution in [3.05, 3.63) is 87.4 Å². The minimum Gasteiger partial charge on any atom is -0.385 e. The summed E-state index contributed by atoms with van der Waals surface area (Å²) in [6.07, 6.45) is 0.603. The first-order valence-corrected chi connectivity index (χ1v) is 13.3. The highest BCUT2D eigenvalue weighted by Gasteiger charge is 2.23. The van der Waals surface area contributed by atoms with E-state index >= 15 is 0 Å². The molecule has 3 rings (SSSR count). The van der Waals surface area contributed by atoms with Gasteiger partial charge in [0.05, 0.1) is 6.54 Å². The van der Waals surface area contributed by atoms with E-state index in [1.54, 1.807) is 35.5 Å². The molecular weight excluding hydrogens is 489 g/mol. The molecule has 3 aromatic rings. The molecule has 0 radical (unpaired) electrons. The topological polar surface area (TPSA) is 61.9 Å². The van der Waals surface area contributed by atoms with Crippen LogP contribution >= 0.6 is 11.3 Å². The lowest BCUT2D eigenvalue weighted by Crippen LogP contribution is -2.44. The summed E-state index contributed by atoms with van der Waals surface area (Å²) >= 11 is 1.59. The average Bonchev–Trinajstić information content (AvgIpc) is 3.28. The summed E-state index contributed by atoms with van der Waals surface area (Å²) in [4.78, 5) is 31.1. The zero-order valence-corrected chi connectivity index (χ0v) is 22.8. The Bertz CT molecular complexity index is 1150. The number of benzene rings is 2. The number of nitrogens with one attached hydrogen (secondary N) is 1. The Morgan fingerprint density at radius 3 is 2.30 bits per heavy atom. The van der Waals surface area contributed by atoms with Gasteiger partial charge in [-0.2, -0.15) is 0 Å². The maximum absolute atomic E-state index is 13.6. The van der Waals surface area contributed by atoms with E-state index in [1.165, 1.54) is 22.6 Å². The van der Waals surface area contributed by atoms with Crippen LogP contribution in [0.2, 0.25) is 0 Å². The number of methoxy groups -OCH3 is 1. The van der Waals surface area contributed by atoms with Gasteiger partial charge in [-0.1, -0.05) is 38.1 Å². The Kier molecular flexibility index (Phi) is 10.7. The second-order valence-corrected chi connectivity index (χ2v) is 10.4. The number of halogens is 1. The molecule has 198 valence electrons. The van der Waals surface area contributed by atoms with Crippen molar-refractivity contribution in [1.82, 2.24) is 9.80 Å². The Labute approximate surface area is 223 Å². The zero-order valence-electron chi connectivity index (χ0n) is 22.0. The predicted molar refractivity (Wildman–Crippen MR) is 147 cm³/mol. The SMILES string of the molecule is COCCCN(CC(=O)N(Cc1ccc(F)cc1)Cc1sccc1C)C(=O)Nc1ccc(C(C)C)cc1. The fraction of sp³-hybridized carbons (Fsp3) is 0.379. The molecule has 8 heteroatoms. The van der Waals surface area contributed by atoms with Crippen LogP contribution in [0.3, 0.4) is 0 Å². The number of carbonyl (C=O) groups excluding carboxylic acids is 2. The second kappa shape index (κ2) is 13.9. The van der Waals surface area contributed by atoms with Crippen molar-refractivity contribution >= 4 is 29.0 Å². The molecule has 2 aromatic carbocycles. The van der Waals surface area contributed by atoms with Gasteiger partial charge in [-0.25, -0.2) is 9.18 Å². The van der Waals surface area contributed by atoms with Gasteiger partial charge in [0.15, 0.2) is 0 Å². The minimum absolute atomic E-state index is 0.0781. The molecule has 0 fully saturated rings.